The van der Waals surface area contributed by atoms with Crippen LogP contribution in [0, 0.1) is 0 Å². The minimum absolute atomic E-state index is 0.0428. The molecular weight excluding hydrogens is 250 g/mol. The molecule has 20 heavy (non-hydrogen) atoms. The second-order valence-corrected chi connectivity index (χ2v) is 5.85. The van der Waals surface area contributed by atoms with Gasteiger partial charge in [0.15, 0.2) is 0 Å². The van der Waals surface area contributed by atoms with Crippen molar-refractivity contribution in [2.45, 2.75) is 44.3 Å². The van der Waals surface area contributed by atoms with E-state index in [0.29, 0.717) is 12.6 Å². The summed E-state index contributed by atoms with van der Waals surface area (Å²) in [6, 6.07) is 11.1. The predicted octanol–water partition coefficient (Wildman–Crippen LogP) is 2.11. The number of rotatable bonds is 4. The Bertz CT molecular complexity index is 436. The first kappa shape index (κ1) is 13.4. The van der Waals surface area contributed by atoms with Crippen molar-refractivity contribution in [3.05, 3.63) is 35.9 Å². The zero-order chi connectivity index (χ0) is 13.8. The molecule has 0 atom stereocenters. The highest BCUT2D eigenvalue weighted by molar-refractivity contribution is 5.74. The number of likely N-dealkylation sites (tertiary alicyclic amines) is 1. The van der Waals surface area contributed by atoms with Crippen molar-refractivity contribution >= 4 is 6.03 Å². The molecule has 0 spiro atoms. The van der Waals surface area contributed by atoms with Crippen molar-refractivity contribution in [1.82, 2.24) is 15.5 Å². The van der Waals surface area contributed by atoms with Gasteiger partial charge >= 0.3 is 6.03 Å². The number of nitrogens with one attached hydrogen (secondary N) is 2. The summed E-state index contributed by atoms with van der Waals surface area (Å²) >= 11 is 0. The van der Waals surface area contributed by atoms with Crippen LogP contribution in [0.3, 0.4) is 0 Å². The topological polar surface area (TPSA) is 44.4 Å². The smallest absolute Gasteiger partial charge is 0.315 e. The second kappa shape index (κ2) is 6.27. The highest BCUT2D eigenvalue weighted by atomic mass is 16.2. The van der Waals surface area contributed by atoms with E-state index in [1.165, 1.54) is 12.8 Å². The Morgan fingerprint density at radius 1 is 1.10 bits per heavy atom. The lowest BCUT2D eigenvalue weighted by Crippen LogP contribution is -2.48. The number of hydrogen-bond donors (Lipinski definition) is 2. The maximum Gasteiger partial charge on any atom is 0.315 e. The normalized spacial score (nSPS) is 20.6. The van der Waals surface area contributed by atoms with Gasteiger partial charge in [-0.1, -0.05) is 30.3 Å². The summed E-state index contributed by atoms with van der Waals surface area (Å²) in [6.07, 6.45) is 4.90. The molecule has 0 unspecified atom stereocenters. The summed E-state index contributed by atoms with van der Waals surface area (Å²) in [4.78, 5) is 14.4. The molecule has 1 saturated carbocycles. The van der Waals surface area contributed by atoms with E-state index in [1.54, 1.807) is 0 Å². The number of piperidine rings is 1. The van der Waals surface area contributed by atoms with Crippen molar-refractivity contribution in [3.8, 4) is 0 Å². The lowest BCUT2D eigenvalue weighted by Gasteiger charge is -2.32. The third-order valence-electron chi connectivity index (χ3n) is 4.22. The van der Waals surface area contributed by atoms with Crippen molar-refractivity contribution in [3.63, 3.8) is 0 Å². The Morgan fingerprint density at radius 2 is 1.80 bits per heavy atom. The monoisotopic (exact) mass is 273 g/mol. The lowest BCUT2D eigenvalue weighted by molar-refractivity contribution is 0.186. The highest BCUT2D eigenvalue weighted by Crippen LogP contribution is 2.29. The number of hydrogen-bond acceptors (Lipinski definition) is 2. The molecule has 0 radical (unpaired) electrons. The zero-order valence-electron chi connectivity index (χ0n) is 11.8. The second-order valence-electron chi connectivity index (χ2n) is 5.85. The molecule has 1 aromatic carbocycles. The Hall–Kier alpha value is -1.55. The van der Waals surface area contributed by atoms with Gasteiger partial charge in [-0.15, -0.1) is 0 Å². The van der Waals surface area contributed by atoms with Gasteiger partial charge in [-0.25, -0.2) is 4.79 Å². The van der Waals surface area contributed by atoms with Crippen LogP contribution >= 0.6 is 0 Å². The molecule has 2 fully saturated rings. The molecular formula is C16H23N3O. The van der Waals surface area contributed by atoms with Crippen LogP contribution in [0.1, 0.15) is 31.2 Å². The molecule has 1 aliphatic heterocycles. The highest BCUT2D eigenvalue weighted by Gasteiger charge is 2.31. The van der Waals surface area contributed by atoms with E-state index in [-0.39, 0.29) is 6.03 Å². The first-order chi connectivity index (χ1) is 9.81. The van der Waals surface area contributed by atoms with E-state index in [9.17, 15) is 4.79 Å². The molecule has 1 aromatic rings. The van der Waals surface area contributed by atoms with Crippen LogP contribution in [0.5, 0.6) is 0 Å². The first-order valence-electron chi connectivity index (χ1n) is 7.63. The zero-order valence-corrected chi connectivity index (χ0v) is 11.8. The average molecular weight is 273 g/mol. The van der Waals surface area contributed by atoms with Crippen LogP contribution in [0.25, 0.3) is 0 Å². The Labute approximate surface area is 120 Å². The maximum atomic E-state index is 11.9. The van der Waals surface area contributed by atoms with Gasteiger partial charge in [-0.3, -0.25) is 0 Å². The van der Waals surface area contributed by atoms with Crippen LogP contribution in [-0.2, 0) is 6.54 Å². The predicted molar refractivity (Wildman–Crippen MR) is 79.4 cm³/mol. The third kappa shape index (κ3) is 3.73. The number of carbonyl (C=O) groups is 1. The van der Waals surface area contributed by atoms with Crippen LogP contribution in [0.15, 0.2) is 30.3 Å². The molecule has 4 nitrogen and oxygen atoms in total. The van der Waals surface area contributed by atoms with Crippen molar-refractivity contribution in [1.29, 1.82) is 0 Å². The van der Waals surface area contributed by atoms with E-state index in [0.717, 1.165) is 37.5 Å². The van der Waals surface area contributed by atoms with Gasteiger partial charge in [-0.2, -0.15) is 0 Å². The van der Waals surface area contributed by atoms with Gasteiger partial charge < -0.3 is 15.5 Å². The Kier molecular flexibility index (Phi) is 4.21. The summed E-state index contributed by atoms with van der Waals surface area (Å²) in [5.41, 5.74) is 1.13. The fourth-order valence-corrected chi connectivity index (χ4v) is 2.86. The molecule has 1 saturated heterocycles. The average Bonchev–Trinajstić information content (AvgIpc) is 3.32. The molecule has 4 heteroatoms. The number of urea groups is 1. The van der Waals surface area contributed by atoms with E-state index < -0.39 is 0 Å². The number of carbonyl (C=O) groups excluding carboxylic acids is 1. The maximum absolute atomic E-state index is 11.9. The third-order valence-corrected chi connectivity index (χ3v) is 4.22. The van der Waals surface area contributed by atoms with Gasteiger partial charge in [0, 0.05) is 31.7 Å². The minimum atomic E-state index is -0.0428. The van der Waals surface area contributed by atoms with E-state index in [2.05, 4.69) is 15.5 Å². The molecule has 2 N–H and O–H groups in total. The summed E-state index contributed by atoms with van der Waals surface area (Å²) in [6.45, 7) is 2.86. The molecule has 1 aliphatic carbocycles. The summed E-state index contributed by atoms with van der Waals surface area (Å²) < 4.78 is 0. The van der Waals surface area contributed by atoms with Crippen LogP contribution in [0.4, 0.5) is 4.79 Å². The standard InChI is InChI=1S/C16H23N3O/c20-16(17-12-13-4-2-1-3-5-13)18-14-8-10-19(11-9-14)15-6-7-15/h1-5,14-15H,6-12H2,(H2,17,18,20). The summed E-state index contributed by atoms with van der Waals surface area (Å²) in [7, 11) is 0. The Balaban J connectivity index is 1.36. The fourth-order valence-electron chi connectivity index (χ4n) is 2.86. The molecule has 2 aliphatic rings. The van der Waals surface area contributed by atoms with E-state index >= 15 is 0 Å². The van der Waals surface area contributed by atoms with Crippen molar-refractivity contribution in [2.24, 2.45) is 0 Å². The molecule has 0 bridgehead atoms. The number of nitrogens with zero attached hydrogens (tertiary/aromatic N) is 1. The summed E-state index contributed by atoms with van der Waals surface area (Å²) in [5, 5.41) is 6.02. The van der Waals surface area contributed by atoms with Gasteiger partial charge in [0.1, 0.15) is 0 Å². The van der Waals surface area contributed by atoms with Crippen LogP contribution in [-0.4, -0.2) is 36.1 Å². The van der Waals surface area contributed by atoms with Gasteiger partial charge in [0.25, 0.3) is 0 Å². The fraction of sp³-hybridized carbons (Fsp3) is 0.562. The lowest BCUT2D eigenvalue weighted by atomic mass is 10.1. The molecule has 3 rings (SSSR count). The first-order valence-corrected chi connectivity index (χ1v) is 7.63. The van der Waals surface area contributed by atoms with Gasteiger partial charge in [0.05, 0.1) is 0 Å². The van der Waals surface area contributed by atoms with E-state index in [4.69, 9.17) is 0 Å². The summed E-state index contributed by atoms with van der Waals surface area (Å²) in [5.74, 6) is 0. The molecule has 0 aromatic heterocycles. The SMILES string of the molecule is O=C(NCc1ccccc1)NC1CCN(C2CC2)CC1. The largest absolute Gasteiger partial charge is 0.335 e. The van der Waals surface area contributed by atoms with Crippen LogP contribution in [0.2, 0.25) is 0 Å². The van der Waals surface area contributed by atoms with Crippen LogP contribution < -0.4 is 10.6 Å². The number of amides is 2. The molecule has 108 valence electrons. The van der Waals surface area contributed by atoms with E-state index in [1.807, 2.05) is 30.3 Å². The minimum Gasteiger partial charge on any atom is -0.335 e. The Morgan fingerprint density at radius 3 is 2.45 bits per heavy atom. The number of benzene rings is 1. The molecule has 2 amide bonds. The van der Waals surface area contributed by atoms with Crippen molar-refractivity contribution in [2.75, 3.05) is 13.1 Å². The van der Waals surface area contributed by atoms with Gasteiger partial charge in [0.2, 0.25) is 0 Å². The van der Waals surface area contributed by atoms with Gasteiger partial charge in [-0.05, 0) is 31.2 Å². The molecule has 1 heterocycles. The van der Waals surface area contributed by atoms with Crippen molar-refractivity contribution < 1.29 is 4.79 Å². The quantitative estimate of drug-likeness (QED) is 0.882.